The van der Waals surface area contributed by atoms with Gasteiger partial charge in [-0.3, -0.25) is 0 Å². The van der Waals surface area contributed by atoms with Gasteiger partial charge in [-0.05, 0) is 0 Å². The minimum atomic E-state index is 1.18. The van der Waals surface area contributed by atoms with Gasteiger partial charge < -0.3 is 0 Å². The van der Waals surface area contributed by atoms with Gasteiger partial charge in [-0.25, -0.2) is 0 Å². The van der Waals surface area contributed by atoms with Crippen molar-refractivity contribution >= 4 is 31.1 Å². The van der Waals surface area contributed by atoms with E-state index in [2.05, 4.69) is 29.4 Å². The van der Waals surface area contributed by atoms with E-state index in [1.54, 1.807) is 0 Å². The molecule has 0 atom stereocenters. The van der Waals surface area contributed by atoms with Gasteiger partial charge in [0, 0.05) is 0 Å². The first kappa shape index (κ1) is 6.74. The van der Waals surface area contributed by atoms with E-state index in [0.717, 1.165) is 0 Å². The minimum absolute atomic E-state index is 1.18. The monoisotopic (exact) mass is 168 g/mol. The Bertz CT molecular complexity index is 51.5. The van der Waals surface area contributed by atoms with Gasteiger partial charge in [0.15, 0.2) is 0 Å². The molecule has 0 aliphatic rings. The first-order valence-electron chi connectivity index (χ1n) is 1.90. The SMILES string of the molecule is CCSC(C)=[Se]. The van der Waals surface area contributed by atoms with E-state index in [1.165, 1.54) is 9.50 Å². The zero-order valence-electron chi connectivity index (χ0n) is 4.02. The van der Waals surface area contributed by atoms with E-state index in [0.29, 0.717) is 0 Å². The van der Waals surface area contributed by atoms with Crippen LogP contribution in [0.1, 0.15) is 13.8 Å². The van der Waals surface area contributed by atoms with E-state index in [9.17, 15) is 0 Å². The van der Waals surface area contributed by atoms with Gasteiger partial charge in [0.2, 0.25) is 0 Å². The molecule has 0 bridgehead atoms. The van der Waals surface area contributed by atoms with E-state index >= 15 is 0 Å². The predicted octanol–water partition coefficient (Wildman–Crippen LogP) is 1.06. The summed E-state index contributed by atoms with van der Waals surface area (Å²) in [5.74, 6) is 1.18. The molecule has 0 radical (unpaired) electrons. The van der Waals surface area contributed by atoms with Crippen LogP contribution in [0.3, 0.4) is 0 Å². The van der Waals surface area contributed by atoms with E-state index < -0.39 is 0 Å². The van der Waals surface area contributed by atoms with Crippen molar-refractivity contribution in [3.63, 3.8) is 0 Å². The van der Waals surface area contributed by atoms with Crippen LogP contribution in [0.15, 0.2) is 0 Å². The molecule has 0 saturated carbocycles. The van der Waals surface area contributed by atoms with Gasteiger partial charge in [0.1, 0.15) is 0 Å². The topological polar surface area (TPSA) is 0 Å². The summed E-state index contributed by atoms with van der Waals surface area (Å²) in [5.41, 5.74) is 0. The summed E-state index contributed by atoms with van der Waals surface area (Å²) in [6.07, 6.45) is 0. The number of hydrogen-bond acceptors (Lipinski definition) is 1. The van der Waals surface area contributed by atoms with Gasteiger partial charge in [0.05, 0.1) is 0 Å². The normalized spacial score (nSPS) is 8.33. The predicted molar refractivity (Wildman–Crippen MR) is 34.6 cm³/mol. The summed E-state index contributed by atoms with van der Waals surface area (Å²) in [7, 11) is 0. The zero-order valence-corrected chi connectivity index (χ0v) is 6.55. The third-order valence-corrected chi connectivity index (χ3v) is 1.78. The average Bonchev–Trinajstić information content (AvgIpc) is 1.35. The Labute approximate surface area is 51.1 Å². The maximum absolute atomic E-state index is 2.92. The molecule has 0 amide bonds. The van der Waals surface area contributed by atoms with Crippen molar-refractivity contribution in [1.29, 1.82) is 0 Å². The number of thioether (sulfide) groups is 1. The molecular formula is C4H8SSe. The molecule has 2 heteroatoms. The summed E-state index contributed by atoms with van der Waals surface area (Å²) in [6, 6.07) is 0. The molecule has 0 heterocycles. The summed E-state index contributed by atoms with van der Waals surface area (Å²) in [5, 5.41) is 0. The molecule has 0 fully saturated rings. The Morgan fingerprint density at radius 1 is 1.83 bits per heavy atom. The molecule has 36 valence electrons. The van der Waals surface area contributed by atoms with Gasteiger partial charge in [-0.2, -0.15) is 0 Å². The van der Waals surface area contributed by atoms with E-state index in [4.69, 9.17) is 0 Å². The Kier molecular flexibility index (Phi) is 4.40. The average molecular weight is 167 g/mol. The number of hydrogen-bond donors (Lipinski definition) is 0. The van der Waals surface area contributed by atoms with Crippen LogP contribution >= 0.6 is 11.8 Å². The third-order valence-electron chi connectivity index (χ3n) is 0.348. The summed E-state index contributed by atoms with van der Waals surface area (Å²) >= 11 is 4.77. The fraction of sp³-hybridized carbons (Fsp3) is 0.750. The van der Waals surface area contributed by atoms with Crippen molar-refractivity contribution in [2.75, 3.05) is 5.75 Å². The molecule has 0 spiro atoms. The van der Waals surface area contributed by atoms with Crippen LogP contribution in [-0.2, 0) is 0 Å². The summed E-state index contributed by atoms with van der Waals surface area (Å²) in [4.78, 5) is 0. The Hall–Kier alpha value is 0.739. The van der Waals surface area contributed by atoms with Crippen molar-refractivity contribution < 1.29 is 0 Å². The van der Waals surface area contributed by atoms with Crippen molar-refractivity contribution in [3.8, 4) is 0 Å². The second-order valence-corrected chi connectivity index (χ2v) is 4.27. The van der Waals surface area contributed by atoms with Crippen molar-refractivity contribution in [1.82, 2.24) is 0 Å². The molecule has 0 aromatic carbocycles. The molecule has 0 aromatic heterocycles. The molecule has 6 heavy (non-hydrogen) atoms. The van der Waals surface area contributed by atoms with Crippen LogP contribution in [0.25, 0.3) is 0 Å². The van der Waals surface area contributed by atoms with Crippen molar-refractivity contribution in [3.05, 3.63) is 0 Å². The van der Waals surface area contributed by atoms with Crippen molar-refractivity contribution in [2.24, 2.45) is 0 Å². The van der Waals surface area contributed by atoms with Gasteiger partial charge in [-0.1, -0.05) is 0 Å². The second kappa shape index (κ2) is 3.91. The third kappa shape index (κ3) is 4.74. The fourth-order valence-electron chi connectivity index (χ4n) is 0.203. The molecule has 0 nitrogen and oxygen atoms in total. The molecule has 0 N–H and O–H groups in total. The number of rotatable bonds is 2. The summed E-state index contributed by atoms with van der Waals surface area (Å²) < 4.78 is 1.33. The van der Waals surface area contributed by atoms with Crippen LogP contribution in [0.5, 0.6) is 0 Å². The van der Waals surface area contributed by atoms with Gasteiger partial charge in [-0.15, -0.1) is 0 Å². The molecule has 0 unspecified atom stereocenters. The molecule has 0 aromatic rings. The van der Waals surface area contributed by atoms with E-state index in [1.807, 2.05) is 11.8 Å². The van der Waals surface area contributed by atoms with Crippen LogP contribution in [-0.4, -0.2) is 25.1 Å². The standard InChI is InChI=1S/C4H8SSe/c1-3-5-4(2)6/h3H2,1-2H3. The first-order valence-corrected chi connectivity index (χ1v) is 3.75. The van der Waals surface area contributed by atoms with Crippen LogP contribution in [0, 0.1) is 0 Å². The zero-order chi connectivity index (χ0) is 4.99. The van der Waals surface area contributed by atoms with Crippen LogP contribution < -0.4 is 0 Å². The second-order valence-electron chi connectivity index (χ2n) is 0.925. The summed E-state index contributed by atoms with van der Waals surface area (Å²) in [6.45, 7) is 4.22. The fourth-order valence-corrected chi connectivity index (χ4v) is 1.35. The molecule has 0 aliphatic carbocycles. The Balaban J connectivity index is 2.83. The molecule has 0 aliphatic heterocycles. The molecular weight excluding hydrogens is 159 g/mol. The maximum atomic E-state index is 2.92. The van der Waals surface area contributed by atoms with E-state index in [-0.39, 0.29) is 0 Å². The van der Waals surface area contributed by atoms with Gasteiger partial charge >= 0.3 is 50.7 Å². The first-order chi connectivity index (χ1) is 2.77. The molecule has 0 saturated heterocycles. The Morgan fingerprint density at radius 2 is 2.33 bits per heavy atom. The quantitative estimate of drug-likeness (QED) is 0.554. The van der Waals surface area contributed by atoms with Crippen molar-refractivity contribution in [2.45, 2.75) is 13.8 Å². The van der Waals surface area contributed by atoms with Crippen LogP contribution in [0.4, 0.5) is 0 Å². The van der Waals surface area contributed by atoms with Gasteiger partial charge in [0.25, 0.3) is 0 Å². The Morgan fingerprint density at radius 3 is 2.33 bits per heavy atom. The molecule has 0 rings (SSSR count). The van der Waals surface area contributed by atoms with Crippen LogP contribution in [0.2, 0.25) is 0 Å².